The molecule has 1 amide bonds. The van der Waals surface area contributed by atoms with Crippen LogP contribution in [0.25, 0.3) is 0 Å². The molecule has 0 radical (unpaired) electrons. The van der Waals surface area contributed by atoms with Gasteiger partial charge < -0.3 is 14.3 Å². The van der Waals surface area contributed by atoms with Crippen LogP contribution in [-0.2, 0) is 17.8 Å². The summed E-state index contributed by atoms with van der Waals surface area (Å²) in [6, 6.07) is 2.11. The van der Waals surface area contributed by atoms with Crippen LogP contribution in [0, 0.1) is 26.2 Å². The number of hydrogen-bond acceptors (Lipinski definition) is 6. The van der Waals surface area contributed by atoms with Crippen LogP contribution < -0.4 is 4.90 Å². The standard InChI is InChI=1S/C21H29N5O2/c1-5-17-10-19(23-16(4)22-17)25-8-6-21(7-9-25)11-20(27)26(13-21)12-18-14(2)24-28-15(18)3/h10H,5-9,11-13H2,1-4H3. The number of anilines is 1. The Balaban J connectivity index is 1.43. The van der Waals surface area contributed by atoms with Gasteiger partial charge in [0.25, 0.3) is 0 Å². The van der Waals surface area contributed by atoms with Crippen LogP contribution in [0.15, 0.2) is 10.6 Å². The van der Waals surface area contributed by atoms with E-state index >= 15 is 0 Å². The van der Waals surface area contributed by atoms with Gasteiger partial charge in [-0.15, -0.1) is 0 Å². The van der Waals surface area contributed by atoms with Crippen molar-refractivity contribution >= 4 is 11.7 Å². The summed E-state index contributed by atoms with van der Waals surface area (Å²) in [7, 11) is 0. The predicted molar refractivity (Wildman–Crippen MR) is 106 cm³/mol. The molecule has 0 unspecified atom stereocenters. The molecular formula is C21H29N5O2. The van der Waals surface area contributed by atoms with Crippen molar-refractivity contribution in [2.24, 2.45) is 5.41 Å². The van der Waals surface area contributed by atoms with Gasteiger partial charge in [-0.25, -0.2) is 9.97 Å². The van der Waals surface area contributed by atoms with Gasteiger partial charge in [-0.05, 0) is 40.0 Å². The maximum absolute atomic E-state index is 12.7. The van der Waals surface area contributed by atoms with Crippen molar-refractivity contribution in [2.75, 3.05) is 24.5 Å². The Kier molecular flexibility index (Phi) is 4.85. The van der Waals surface area contributed by atoms with Crippen LogP contribution in [0.2, 0.25) is 0 Å². The van der Waals surface area contributed by atoms with Gasteiger partial charge >= 0.3 is 0 Å². The fraction of sp³-hybridized carbons (Fsp3) is 0.619. The van der Waals surface area contributed by atoms with Crippen LogP contribution in [0.4, 0.5) is 5.82 Å². The first-order valence-electron chi connectivity index (χ1n) is 10.2. The molecule has 2 aliphatic heterocycles. The first kappa shape index (κ1) is 18.9. The van der Waals surface area contributed by atoms with Gasteiger partial charge in [0.05, 0.1) is 12.2 Å². The van der Waals surface area contributed by atoms with Gasteiger partial charge in [-0.1, -0.05) is 12.1 Å². The lowest BCUT2D eigenvalue weighted by molar-refractivity contribution is -0.128. The molecule has 2 aromatic heterocycles. The molecule has 0 saturated carbocycles. The van der Waals surface area contributed by atoms with Crippen molar-refractivity contribution in [3.8, 4) is 0 Å². The SMILES string of the molecule is CCc1cc(N2CCC3(CC2)CC(=O)N(Cc2c(C)noc2C)C3)nc(C)n1. The Hall–Kier alpha value is -2.44. The van der Waals surface area contributed by atoms with Crippen molar-refractivity contribution < 1.29 is 9.32 Å². The lowest BCUT2D eigenvalue weighted by atomic mass is 9.77. The number of piperidine rings is 1. The molecule has 0 aromatic carbocycles. The van der Waals surface area contributed by atoms with Crippen molar-refractivity contribution in [1.29, 1.82) is 0 Å². The maximum atomic E-state index is 12.7. The van der Waals surface area contributed by atoms with Gasteiger partial charge in [-0.2, -0.15) is 0 Å². The highest BCUT2D eigenvalue weighted by molar-refractivity contribution is 5.79. The van der Waals surface area contributed by atoms with Gasteiger partial charge in [0, 0.05) is 48.8 Å². The normalized spacial score (nSPS) is 19.1. The highest BCUT2D eigenvalue weighted by atomic mass is 16.5. The number of carbonyl (C=O) groups excluding carboxylic acids is 1. The first-order valence-corrected chi connectivity index (χ1v) is 10.2. The summed E-state index contributed by atoms with van der Waals surface area (Å²) in [5.74, 6) is 2.92. The summed E-state index contributed by atoms with van der Waals surface area (Å²) >= 11 is 0. The minimum absolute atomic E-state index is 0.0855. The number of amides is 1. The second kappa shape index (κ2) is 7.18. The summed E-state index contributed by atoms with van der Waals surface area (Å²) in [5, 5.41) is 4.02. The molecule has 4 heterocycles. The highest BCUT2D eigenvalue weighted by Crippen LogP contribution is 2.42. The van der Waals surface area contributed by atoms with Crippen molar-refractivity contribution in [1.82, 2.24) is 20.0 Å². The summed E-state index contributed by atoms with van der Waals surface area (Å²) in [4.78, 5) is 26.2. The summed E-state index contributed by atoms with van der Waals surface area (Å²) in [6.07, 6.45) is 3.59. The van der Waals surface area contributed by atoms with Gasteiger partial charge in [0.15, 0.2) is 0 Å². The molecule has 7 heteroatoms. The molecule has 2 aliphatic rings. The average Bonchev–Trinajstić information content (AvgIpc) is 3.15. The van der Waals surface area contributed by atoms with Crippen molar-refractivity contribution in [3.63, 3.8) is 0 Å². The highest BCUT2D eigenvalue weighted by Gasteiger charge is 2.45. The van der Waals surface area contributed by atoms with Crippen LogP contribution >= 0.6 is 0 Å². The number of nitrogens with zero attached hydrogens (tertiary/aromatic N) is 5. The fourth-order valence-corrected chi connectivity index (χ4v) is 4.54. The molecule has 0 atom stereocenters. The third-order valence-corrected chi connectivity index (χ3v) is 6.32. The second-order valence-electron chi connectivity index (χ2n) is 8.33. The maximum Gasteiger partial charge on any atom is 0.223 e. The van der Waals surface area contributed by atoms with Crippen molar-refractivity contribution in [2.45, 2.75) is 59.9 Å². The molecular weight excluding hydrogens is 354 g/mol. The molecule has 1 spiro atoms. The van der Waals surface area contributed by atoms with Gasteiger partial charge in [0.2, 0.25) is 5.91 Å². The number of aromatic nitrogens is 3. The summed E-state index contributed by atoms with van der Waals surface area (Å²) < 4.78 is 5.26. The van der Waals surface area contributed by atoms with E-state index in [0.717, 1.165) is 73.3 Å². The number of aryl methyl sites for hydroxylation is 4. The zero-order valence-corrected chi connectivity index (χ0v) is 17.3. The van der Waals surface area contributed by atoms with E-state index in [1.165, 1.54) is 0 Å². The Labute approximate surface area is 166 Å². The first-order chi connectivity index (χ1) is 13.4. The molecule has 28 heavy (non-hydrogen) atoms. The monoisotopic (exact) mass is 383 g/mol. The zero-order valence-electron chi connectivity index (χ0n) is 17.3. The van der Waals surface area contributed by atoms with E-state index in [4.69, 9.17) is 4.52 Å². The van der Waals surface area contributed by atoms with E-state index in [1.54, 1.807) is 0 Å². The molecule has 150 valence electrons. The molecule has 4 rings (SSSR count). The Morgan fingerprint density at radius 2 is 1.93 bits per heavy atom. The Morgan fingerprint density at radius 1 is 1.18 bits per heavy atom. The van der Waals surface area contributed by atoms with E-state index in [1.807, 2.05) is 25.7 Å². The Morgan fingerprint density at radius 3 is 2.57 bits per heavy atom. The van der Waals surface area contributed by atoms with Crippen LogP contribution in [0.5, 0.6) is 0 Å². The third kappa shape index (κ3) is 3.50. The van der Waals surface area contributed by atoms with E-state index in [0.29, 0.717) is 13.0 Å². The molecule has 2 saturated heterocycles. The van der Waals surface area contributed by atoms with E-state index < -0.39 is 0 Å². The summed E-state index contributed by atoms with van der Waals surface area (Å²) in [6.45, 7) is 11.2. The van der Waals surface area contributed by atoms with Crippen LogP contribution in [0.3, 0.4) is 0 Å². The largest absolute Gasteiger partial charge is 0.361 e. The second-order valence-corrected chi connectivity index (χ2v) is 8.33. The molecule has 2 aromatic rings. The van der Waals surface area contributed by atoms with E-state index in [-0.39, 0.29) is 11.3 Å². The molecule has 0 aliphatic carbocycles. The number of rotatable bonds is 4. The minimum atomic E-state index is 0.0855. The van der Waals surface area contributed by atoms with Crippen LogP contribution in [-0.4, -0.2) is 45.6 Å². The van der Waals surface area contributed by atoms with Gasteiger partial charge in [-0.3, -0.25) is 4.79 Å². The lowest BCUT2D eigenvalue weighted by Gasteiger charge is -2.39. The predicted octanol–water partition coefficient (Wildman–Crippen LogP) is 2.97. The molecule has 2 fully saturated rings. The average molecular weight is 383 g/mol. The molecule has 0 N–H and O–H groups in total. The lowest BCUT2D eigenvalue weighted by Crippen LogP contribution is -2.42. The smallest absolute Gasteiger partial charge is 0.223 e. The fourth-order valence-electron chi connectivity index (χ4n) is 4.54. The Bertz CT molecular complexity index is 863. The topological polar surface area (TPSA) is 75.4 Å². The van der Waals surface area contributed by atoms with E-state index in [9.17, 15) is 4.79 Å². The van der Waals surface area contributed by atoms with Gasteiger partial charge in [0.1, 0.15) is 17.4 Å². The van der Waals surface area contributed by atoms with Crippen LogP contribution in [0.1, 0.15) is 54.7 Å². The third-order valence-electron chi connectivity index (χ3n) is 6.32. The quantitative estimate of drug-likeness (QED) is 0.808. The van der Waals surface area contributed by atoms with E-state index in [2.05, 4.69) is 33.0 Å². The zero-order chi connectivity index (χ0) is 19.9. The summed E-state index contributed by atoms with van der Waals surface area (Å²) in [5.41, 5.74) is 3.10. The number of likely N-dealkylation sites (tertiary alicyclic amines) is 1. The molecule has 0 bridgehead atoms. The number of hydrogen-bond donors (Lipinski definition) is 0. The number of carbonyl (C=O) groups is 1. The van der Waals surface area contributed by atoms with Crippen molar-refractivity contribution in [3.05, 3.63) is 34.6 Å². The molecule has 7 nitrogen and oxygen atoms in total. The minimum Gasteiger partial charge on any atom is -0.361 e.